The van der Waals surface area contributed by atoms with Gasteiger partial charge in [0.1, 0.15) is 5.82 Å². The fourth-order valence-corrected chi connectivity index (χ4v) is 3.29. The molecule has 0 spiro atoms. The Balaban J connectivity index is 1.49. The summed E-state index contributed by atoms with van der Waals surface area (Å²) in [6.07, 6.45) is 2.66. The molecule has 0 unspecified atom stereocenters. The van der Waals surface area contributed by atoms with E-state index < -0.39 is 0 Å². The van der Waals surface area contributed by atoms with Gasteiger partial charge in [0.15, 0.2) is 5.96 Å². The molecule has 6 heteroatoms. The molecular formula is C21H25FN4O. The Morgan fingerprint density at radius 1 is 1.19 bits per heavy atom. The standard InChI is InChI=1S/C21H25FN4O/c1-23-21(24-12-11-16-6-4-9-18(22)14-16)25-15-20(27)26-13-5-8-17-7-2-3-10-19(17)26/h2-4,6-7,9-10,14H,5,8,11-13,15H2,1H3,(H2,23,24,25). The van der Waals surface area contributed by atoms with E-state index in [1.807, 2.05) is 29.2 Å². The Kier molecular flexibility index (Phi) is 6.41. The fourth-order valence-electron chi connectivity index (χ4n) is 3.29. The number of nitrogens with zero attached hydrogens (tertiary/aromatic N) is 2. The van der Waals surface area contributed by atoms with Gasteiger partial charge in [-0.25, -0.2) is 4.39 Å². The number of carbonyl (C=O) groups is 1. The molecular weight excluding hydrogens is 343 g/mol. The number of fused-ring (bicyclic) bond motifs is 1. The number of anilines is 1. The number of guanidine groups is 1. The van der Waals surface area contributed by atoms with Gasteiger partial charge in [-0.1, -0.05) is 30.3 Å². The van der Waals surface area contributed by atoms with E-state index in [1.165, 1.54) is 17.7 Å². The molecule has 1 amide bonds. The SMILES string of the molecule is CN=C(NCCc1cccc(F)c1)NCC(=O)N1CCCc2ccccc21. The van der Waals surface area contributed by atoms with Crippen molar-refractivity contribution in [1.29, 1.82) is 0 Å². The van der Waals surface area contributed by atoms with Crippen molar-refractivity contribution in [2.75, 3.05) is 31.6 Å². The summed E-state index contributed by atoms with van der Waals surface area (Å²) >= 11 is 0. The maximum atomic E-state index is 13.2. The lowest BCUT2D eigenvalue weighted by atomic mass is 10.0. The highest BCUT2D eigenvalue weighted by molar-refractivity contribution is 5.98. The number of hydrogen-bond acceptors (Lipinski definition) is 2. The number of halogens is 1. The van der Waals surface area contributed by atoms with Crippen LogP contribution in [-0.4, -0.2) is 38.5 Å². The van der Waals surface area contributed by atoms with Gasteiger partial charge in [0.2, 0.25) is 5.91 Å². The second-order valence-electron chi connectivity index (χ2n) is 6.51. The molecule has 3 rings (SSSR count). The Bertz CT molecular complexity index is 821. The van der Waals surface area contributed by atoms with Crippen molar-refractivity contribution in [3.63, 3.8) is 0 Å². The zero-order valence-electron chi connectivity index (χ0n) is 15.5. The number of aliphatic imine (C=N–C) groups is 1. The molecule has 0 radical (unpaired) electrons. The van der Waals surface area contributed by atoms with Gasteiger partial charge in [0.05, 0.1) is 6.54 Å². The minimum atomic E-state index is -0.234. The number of para-hydroxylation sites is 1. The smallest absolute Gasteiger partial charge is 0.246 e. The summed E-state index contributed by atoms with van der Waals surface area (Å²) in [4.78, 5) is 18.6. The average Bonchev–Trinajstić information content (AvgIpc) is 2.70. The van der Waals surface area contributed by atoms with Crippen LogP contribution in [0.4, 0.5) is 10.1 Å². The number of amides is 1. The summed E-state index contributed by atoms with van der Waals surface area (Å²) in [6.45, 7) is 1.51. The number of aryl methyl sites for hydroxylation is 1. The third-order valence-corrected chi connectivity index (χ3v) is 4.64. The van der Waals surface area contributed by atoms with E-state index >= 15 is 0 Å². The maximum absolute atomic E-state index is 13.2. The van der Waals surface area contributed by atoms with Crippen molar-refractivity contribution in [3.8, 4) is 0 Å². The molecule has 0 saturated carbocycles. The lowest BCUT2D eigenvalue weighted by molar-refractivity contribution is -0.117. The molecule has 0 aliphatic carbocycles. The molecule has 1 aliphatic rings. The van der Waals surface area contributed by atoms with Crippen molar-refractivity contribution < 1.29 is 9.18 Å². The van der Waals surface area contributed by atoms with Crippen LogP contribution in [0, 0.1) is 5.82 Å². The Labute approximate surface area is 159 Å². The van der Waals surface area contributed by atoms with Crippen LogP contribution in [0.2, 0.25) is 0 Å². The molecule has 1 heterocycles. The van der Waals surface area contributed by atoms with Crippen LogP contribution in [-0.2, 0) is 17.6 Å². The van der Waals surface area contributed by atoms with Crippen molar-refractivity contribution in [2.45, 2.75) is 19.3 Å². The molecule has 0 saturated heterocycles. The average molecular weight is 368 g/mol. The van der Waals surface area contributed by atoms with Crippen LogP contribution in [0.1, 0.15) is 17.5 Å². The first-order valence-electron chi connectivity index (χ1n) is 9.24. The van der Waals surface area contributed by atoms with E-state index in [0.717, 1.165) is 30.6 Å². The molecule has 142 valence electrons. The molecule has 0 fully saturated rings. The van der Waals surface area contributed by atoms with E-state index in [-0.39, 0.29) is 18.3 Å². The molecule has 5 nitrogen and oxygen atoms in total. The van der Waals surface area contributed by atoms with Crippen molar-refractivity contribution in [3.05, 3.63) is 65.5 Å². The van der Waals surface area contributed by atoms with Gasteiger partial charge in [0, 0.05) is 25.8 Å². The highest BCUT2D eigenvalue weighted by Gasteiger charge is 2.21. The van der Waals surface area contributed by atoms with Crippen LogP contribution in [0.25, 0.3) is 0 Å². The van der Waals surface area contributed by atoms with E-state index in [4.69, 9.17) is 0 Å². The predicted molar refractivity (Wildman–Crippen MR) is 107 cm³/mol. The quantitative estimate of drug-likeness (QED) is 0.630. The predicted octanol–water partition coefficient (Wildman–Crippen LogP) is 2.51. The van der Waals surface area contributed by atoms with Crippen molar-refractivity contribution in [2.24, 2.45) is 4.99 Å². The molecule has 0 bridgehead atoms. The molecule has 0 aromatic heterocycles. The van der Waals surface area contributed by atoms with E-state index in [2.05, 4.69) is 21.7 Å². The molecule has 2 N–H and O–H groups in total. The van der Waals surface area contributed by atoms with Gasteiger partial charge in [-0.15, -0.1) is 0 Å². The summed E-state index contributed by atoms with van der Waals surface area (Å²) in [6, 6.07) is 14.6. The van der Waals surface area contributed by atoms with Gasteiger partial charge in [-0.3, -0.25) is 9.79 Å². The monoisotopic (exact) mass is 368 g/mol. The van der Waals surface area contributed by atoms with Crippen LogP contribution in [0.15, 0.2) is 53.5 Å². The van der Waals surface area contributed by atoms with E-state index in [0.29, 0.717) is 18.9 Å². The first kappa shape index (κ1) is 18.9. The normalized spacial score (nSPS) is 13.9. The second-order valence-corrected chi connectivity index (χ2v) is 6.51. The van der Waals surface area contributed by atoms with Gasteiger partial charge in [-0.2, -0.15) is 0 Å². The van der Waals surface area contributed by atoms with Gasteiger partial charge in [0.25, 0.3) is 0 Å². The lowest BCUT2D eigenvalue weighted by Crippen LogP contribution is -2.46. The first-order valence-corrected chi connectivity index (χ1v) is 9.24. The minimum Gasteiger partial charge on any atom is -0.356 e. The number of rotatable bonds is 5. The highest BCUT2D eigenvalue weighted by Crippen LogP contribution is 2.26. The van der Waals surface area contributed by atoms with E-state index in [1.54, 1.807) is 13.1 Å². The number of nitrogens with one attached hydrogen (secondary N) is 2. The van der Waals surface area contributed by atoms with Gasteiger partial charge >= 0.3 is 0 Å². The third-order valence-electron chi connectivity index (χ3n) is 4.64. The molecule has 2 aromatic rings. The molecule has 0 atom stereocenters. The molecule has 1 aliphatic heterocycles. The number of carbonyl (C=O) groups excluding carboxylic acids is 1. The zero-order chi connectivity index (χ0) is 19.1. The van der Waals surface area contributed by atoms with Crippen molar-refractivity contribution in [1.82, 2.24) is 10.6 Å². The minimum absolute atomic E-state index is 0.0234. The van der Waals surface area contributed by atoms with Gasteiger partial charge in [-0.05, 0) is 48.6 Å². The van der Waals surface area contributed by atoms with E-state index in [9.17, 15) is 9.18 Å². The first-order chi connectivity index (χ1) is 13.2. The zero-order valence-corrected chi connectivity index (χ0v) is 15.5. The maximum Gasteiger partial charge on any atom is 0.246 e. The molecule has 2 aromatic carbocycles. The topological polar surface area (TPSA) is 56.7 Å². The summed E-state index contributed by atoms with van der Waals surface area (Å²) in [5.41, 5.74) is 3.14. The number of hydrogen-bond donors (Lipinski definition) is 2. The largest absolute Gasteiger partial charge is 0.356 e. The van der Waals surface area contributed by atoms with Crippen LogP contribution in [0.5, 0.6) is 0 Å². The van der Waals surface area contributed by atoms with Crippen LogP contribution < -0.4 is 15.5 Å². The summed E-state index contributed by atoms with van der Waals surface area (Å²) < 4.78 is 13.2. The molecule has 27 heavy (non-hydrogen) atoms. The summed E-state index contributed by atoms with van der Waals surface area (Å²) in [5.74, 6) is 0.350. The highest BCUT2D eigenvalue weighted by atomic mass is 19.1. The van der Waals surface area contributed by atoms with Crippen LogP contribution in [0.3, 0.4) is 0 Å². The van der Waals surface area contributed by atoms with Crippen molar-refractivity contribution >= 4 is 17.6 Å². The second kappa shape index (κ2) is 9.16. The summed E-state index contributed by atoms with van der Waals surface area (Å²) in [7, 11) is 1.66. The third kappa shape index (κ3) is 5.06. The number of benzene rings is 2. The lowest BCUT2D eigenvalue weighted by Gasteiger charge is -2.29. The van der Waals surface area contributed by atoms with Gasteiger partial charge < -0.3 is 15.5 Å². The van der Waals surface area contributed by atoms with Crippen LogP contribution >= 0.6 is 0 Å². The fraction of sp³-hybridized carbons (Fsp3) is 0.333. The Hall–Kier alpha value is -2.89. The Morgan fingerprint density at radius 2 is 2.04 bits per heavy atom. The Morgan fingerprint density at radius 3 is 2.85 bits per heavy atom. The summed E-state index contributed by atoms with van der Waals surface area (Å²) in [5, 5.41) is 6.23.